The highest BCUT2D eigenvalue weighted by atomic mass is 19.4. The van der Waals surface area contributed by atoms with Crippen molar-refractivity contribution >= 4 is 23.7 Å². The van der Waals surface area contributed by atoms with E-state index in [1.54, 1.807) is 34.6 Å². The van der Waals surface area contributed by atoms with Crippen molar-refractivity contribution in [3.63, 3.8) is 0 Å². The summed E-state index contributed by atoms with van der Waals surface area (Å²) in [5.74, 6) is -2.64. The number of hydrogen-bond acceptors (Lipinski definition) is 6. The highest BCUT2D eigenvalue weighted by Gasteiger charge is 2.45. The topological polar surface area (TPSA) is 114 Å². The first-order chi connectivity index (χ1) is 17.6. The van der Waals surface area contributed by atoms with Crippen LogP contribution in [0.3, 0.4) is 0 Å². The minimum absolute atomic E-state index is 0.0803. The van der Waals surface area contributed by atoms with E-state index in [1.807, 2.05) is 0 Å². The van der Waals surface area contributed by atoms with Gasteiger partial charge < -0.3 is 25.0 Å². The highest BCUT2D eigenvalue weighted by Crippen LogP contribution is 2.33. The van der Waals surface area contributed by atoms with E-state index >= 15 is 0 Å². The minimum Gasteiger partial charge on any atom is -0.433 e. The molecule has 2 saturated heterocycles. The number of nitrogens with zero attached hydrogens (tertiary/aromatic N) is 1. The summed E-state index contributed by atoms with van der Waals surface area (Å²) < 4.78 is 51.1. The number of carbonyl (C=O) groups is 4. The van der Waals surface area contributed by atoms with Crippen LogP contribution in [0.2, 0.25) is 0 Å². The minimum atomic E-state index is -4.75. The van der Waals surface area contributed by atoms with E-state index in [0.717, 1.165) is 12.1 Å². The Kier molecular flexibility index (Phi) is 8.75. The number of nitrogens with one attached hydrogen (secondary N) is 2. The van der Waals surface area contributed by atoms with Crippen LogP contribution in [0.25, 0.3) is 0 Å². The number of ether oxygens (including phenoxy) is 2. The fourth-order valence-electron chi connectivity index (χ4n) is 4.58. The van der Waals surface area contributed by atoms with Crippen molar-refractivity contribution < 1.29 is 41.8 Å². The van der Waals surface area contributed by atoms with Gasteiger partial charge in [0.05, 0.1) is 23.7 Å². The number of amides is 3. The monoisotopic (exact) mass is 541 g/mol. The second-order valence-electron chi connectivity index (χ2n) is 10.9. The molecule has 0 unspecified atom stereocenters. The Balaban J connectivity index is 1.78. The van der Waals surface area contributed by atoms with Crippen molar-refractivity contribution in [3.8, 4) is 0 Å². The average molecular weight is 542 g/mol. The normalized spacial score (nSPS) is 22.8. The summed E-state index contributed by atoms with van der Waals surface area (Å²) in [5.41, 5.74) is -2.59. The number of rotatable bonds is 7. The van der Waals surface area contributed by atoms with Gasteiger partial charge in [0.1, 0.15) is 18.1 Å². The fourth-order valence-corrected chi connectivity index (χ4v) is 4.58. The summed E-state index contributed by atoms with van der Waals surface area (Å²) in [4.78, 5) is 52.9. The van der Waals surface area contributed by atoms with Gasteiger partial charge in [-0.3, -0.25) is 19.2 Å². The van der Waals surface area contributed by atoms with E-state index < -0.39 is 70.8 Å². The fraction of sp³-hybridized carbons (Fsp3) is 0.615. The molecule has 0 radical (unpaired) electrons. The number of likely N-dealkylation sites (tertiary alicyclic amines) is 1. The second-order valence-corrected chi connectivity index (χ2v) is 10.9. The molecule has 0 aromatic heterocycles. The molecule has 0 spiro atoms. The van der Waals surface area contributed by atoms with Gasteiger partial charge >= 0.3 is 12.1 Å². The Morgan fingerprint density at radius 3 is 2.39 bits per heavy atom. The van der Waals surface area contributed by atoms with Crippen LogP contribution >= 0.6 is 0 Å². The highest BCUT2D eigenvalue weighted by molar-refractivity contribution is 6.00. The molecule has 2 aliphatic rings. The molecular formula is C26H34F3N3O6. The summed E-state index contributed by atoms with van der Waals surface area (Å²) >= 11 is 0. The smallest absolute Gasteiger partial charge is 0.417 e. The van der Waals surface area contributed by atoms with Crippen molar-refractivity contribution in [3.05, 3.63) is 35.4 Å². The summed E-state index contributed by atoms with van der Waals surface area (Å²) in [6.45, 7) is 8.77. The molecule has 9 nitrogen and oxygen atoms in total. The van der Waals surface area contributed by atoms with Gasteiger partial charge in [0.25, 0.3) is 5.91 Å². The average Bonchev–Trinajstić information content (AvgIpc) is 3.42. The van der Waals surface area contributed by atoms with Gasteiger partial charge in [-0.05, 0) is 44.2 Å². The van der Waals surface area contributed by atoms with E-state index in [9.17, 15) is 32.3 Å². The lowest BCUT2D eigenvalue weighted by Crippen LogP contribution is -2.58. The first kappa shape index (κ1) is 29.4. The van der Waals surface area contributed by atoms with Crippen LogP contribution < -0.4 is 10.6 Å². The van der Waals surface area contributed by atoms with Crippen molar-refractivity contribution in [2.75, 3.05) is 6.54 Å². The summed E-state index contributed by atoms with van der Waals surface area (Å²) in [6.07, 6.45) is -5.19. The van der Waals surface area contributed by atoms with E-state index in [4.69, 9.17) is 9.47 Å². The third-order valence-electron chi connectivity index (χ3n) is 6.40. The van der Waals surface area contributed by atoms with Gasteiger partial charge in [-0.15, -0.1) is 0 Å². The molecule has 3 amide bonds. The standard InChI is InChI=1S/C26H34F3N3O6/c1-14(2)37-24-17(13-19(33)38-24)30-22(35)18-11-8-12-32(18)23(36)20(25(3,4)5)31-21(34)15-9-6-7-10-16(15)26(27,28)29/h6-7,9-10,14,17-18,20,24H,8,11-13H2,1-5H3,(H,30,35)(H,31,34)/t17-,18+,20-,24-/m1/s1. The van der Waals surface area contributed by atoms with Crippen molar-refractivity contribution in [2.24, 2.45) is 5.41 Å². The van der Waals surface area contributed by atoms with Crippen LogP contribution in [0.15, 0.2) is 24.3 Å². The van der Waals surface area contributed by atoms with Crippen molar-refractivity contribution in [1.29, 1.82) is 0 Å². The van der Waals surface area contributed by atoms with Crippen LogP contribution in [-0.4, -0.2) is 65.7 Å². The predicted molar refractivity (Wildman–Crippen MR) is 130 cm³/mol. The molecule has 1 aromatic carbocycles. The number of carbonyl (C=O) groups excluding carboxylic acids is 4. The molecule has 12 heteroatoms. The molecular weight excluding hydrogens is 507 g/mol. The Bertz CT molecular complexity index is 1070. The third kappa shape index (κ3) is 6.83. The second kappa shape index (κ2) is 11.3. The van der Waals surface area contributed by atoms with Gasteiger partial charge in [-0.2, -0.15) is 13.2 Å². The predicted octanol–water partition coefficient (Wildman–Crippen LogP) is 3.02. The molecule has 0 aliphatic carbocycles. The molecule has 2 heterocycles. The molecule has 0 bridgehead atoms. The lowest BCUT2D eigenvalue weighted by Gasteiger charge is -2.36. The largest absolute Gasteiger partial charge is 0.433 e. The maximum atomic E-state index is 13.7. The maximum Gasteiger partial charge on any atom is 0.417 e. The summed E-state index contributed by atoms with van der Waals surface area (Å²) in [6, 6.07) is 1.52. The van der Waals surface area contributed by atoms with Gasteiger partial charge in [0, 0.05) is 6.54 Å². The summed E-state index contributed by atoms with van der Waals surface area (Å²) in [5, 5.41) is 5.23. The van der Waals surface area contributed by atoms with E-state index in [0.29, 0.717) is 12.8 Å². The molecule has 2 fully saturated rings. The molecule has 0 saturated carbocycles. The number of hydrogen-bond donors (Lipinski definition) is 2. The zero-order valence-corrected chi connectivity index (χ0v) is 22.1. The van der Waals surface area contributed by atoms with Crippen LogP contribution in [0, 0.1) is 5.41 Å². The molecule has 3 rings (SSSR count). The Morgan fingerprint density at radius 1 is 1.13 bits per heavy atom. The number of cyclic esters (lactones) is 1. The maximum absolute atomic E-state index is 13.7. The molecule has 4 atom stereocenters. The Morgan fingerprint density at radius 2 is 1.79 bits per heavy atom. The molecule has 38 heavy (non-hydrogen) atoms. The van der Waals surface area contributed by atoms with Crippen LogP contribution in [0.5, 0.6) is 0 Å². The van der Waals surface area contributed by atoms with Crippen molar-refractivity contribution in [1.82, 2.24) is 15.5 Å². The van der Waals surface area contributed by atoms with Gasteiger partial charge in [0.2, 0.25) is 18.1 Å². The first-order valence-corrected chi connectivity index (χ1v) is 12.5. The molecule has 210 valence electrons. The zero-order valence-electron chi connectivity index (χ0n) is 22.1. The van der Waals surface area contributed by atoms with Crippen LogP contribution in [0.1, 0.15) is 69.8 Å². The van der Waals surface area contributed by atoms with Gasteiger partial charge in [-0.25, -0.2) is 0 Å². The zero-order chi connectivity index (χ0) is 28.4. The first-order valence-electron chi connectivity index (χ1n) is 12.5. The quantitative estimate of drug-likeness (QED) is 0.513. The molecule has 1 aromatic rings. The molecule has 2 N–H and O–H groups in total. The third-order valence-corrected chi connectivity index (χ3v) is 6.40. The number of alkyl halides is 3. The Hall–Kier alpha value is -3.15. The number of benzene rings is 1. The Labute approximate surface area is 219 Å². The van der Waals surface area contributed by atoms with Crippen molar-refractivity contribution in [2.45, 2.75) is 90.6 Å². The number of esters is 1. The lowest BCUT2D eigenvalue weighted by molar-refractivity contribution is -0.173. The van der Waals surface area contributed by atoms with Crippen LogP contribution in [-0.2, 0) is 30.0 Å². The lowest BCUT2D eigenvalue weighted by atomic mass is 9.85. The van der Waals surface area contributed by atoms with E-state index in [2.05, 4.69) is 10.6 Å². The van der Waals surface area contributed by atoms with Gasteiger partial charge in [0.15, 0.2) is 0 Å². The van der Waals surface area contributed by atoms with Crippen LogP contribution in [0.4, 0.5) is 13.2 Å². The van der Waals surface area contributed by atoms with E-state index in [-0.39, 0.29) is 19.1 Å². The SMILES string of the molecule is CC(C)O[C@@H]1OC(=O)C[C@H]1NC(=O)[C@@H]1CCCN1C(=O)[C@@H](NC(=O)c1ccccc1C(F)(F)F)C(C)(C)C. The van der Waals surface area contributed by atoms with E-state index in [1.165, 1.54) is 17.0 Å². The molecule has 2 aliphatic heterocycles. The number of halogens is 3. The van der Waals surface area contributed by atoms with Gasteiger partial charge in [-0.1, -0.05) is 32.9 Å². The summed E-state index contributed by atoms with van der Waals surface area (Å²) in [7, 11) is 0.